The van der Waals surface area contributed by atoms with Crippen LogP contribution in [0.25, 0.3) is 0 Å². The summed E-state index contributed by atoms with van der Waals surface area (Å²) in [6.45, 7) is 11.6. The zero-order valence-corrected chi connectivity index (χ0v) is 23.3. The fourth-order valence-electron chi connectivity index (χ4n) is 6.07. The molecule has 0 bridgehead atoms. The molecule has 0 aromatic rings. The number of rotatable bonds is 24. The van der Waals surface area contributed by atoms with Gasteiger partial charge in [0.2, 0.25) is 0 Å². The Balaban J connectivity index is 5.78. The number of hydrogen-bond donors (Lipinski definition) is 2. The molecule has 0 saturated carbocycles. The molecule has 0 aromatic heterocycles. The first kappa shape index (κ1) is 31.9. The molecule has 0 saturated heterocycles. The molecule has 32 heavy (non-hydrogen) atoms. The van der Waals surface area contributed by atoms with Gasteiger partial charge in [0, 0.05) is 5.41 Å². The molecule has 0 rings (SSSR count). The summed E-state index contributed by atoms with van der Waals surface area (Å²) in [5.41, 5.74) is 14.1. The summed E-state index contributed by atoms with van der Waals surface area (Å²) >= 11 is 0. The van der Waals surface area contributed by atoms with Crippen molar-refractivity contribution in [2.75, 3.05) is 0 Å². The van der Waals surface area contributed by atoms with Crippen molar-refractivity contribution < 1.29 is 0 Å². The number of nitrogens with two attached hydrogens (primary N) is 2. The third-order valence-electron chi connectivity index (χ3n) is 8.15. The van der Waals surface area contributed by atoms with E-state index >= 15 is 0 Å². The van der Waals surface area contributed by atoms with Gasteiger partial charge in [0.05, 0.1) is 5.66 Å². The average Bonchev–Trinajstić information content (AvgIpc) is 2.78. The van der Waals surface area contributed by atoms with Crippen LogP contribution in [0.3, 0.4) is 0 Å². The van der Waals surface area contributed by atoms with Gasteiger partial charge in [-0.2, -0.15) is 0 Å². The van der Waals surface area contributed by atoms with Gasteiger partial charge in [0.15, 0.2) is 0 Å². The molecule has 0 aliphatic heterocycles. The minimum absolute atomic E-state index is 0.114. The second-order valence-electron chi connectivity index (χ2n) is 11.0. The van der Waals surface area contributed by atoms with Crippen molar-refractivity contribution >= 4 is 0 Å². The Morgan fingerprint density at radius 2 is 0.844 bits per heavy atom. The molecule has 2 nitrogen and oxygen atoms in total. The third kappa shape index (κ3) is 12.4. The van der Waals surface area contributed by atoms with Gasteiger partial charge in [0.25, 0.3) is 0 Å². The molecule has 0 spiro atoms. The van der Waals surface area contributed by atoms with Crippen LogP contribution in [0.5, 0.6) is 0 Å². The van der Waals surface area contributed by atoms with E-state index in [1.54, 1.807) is 0 Å². The van der Waals surface area contributed by atoms with Gasteiger partial charge in [-0.1, -0.05) is 150 Å². The largest absolute Gasteiger partial charge is 0.313 e. The van der Waals surface area contributed by atoms with E-state index in [4.69, 9.17) is 11.5 Å². The first-order chi connectivity index (χ1) is 15.5. The standard InChI is InChI=1S/C30H64N2/c1-6-11-15-19-24-28(23-10-5)29(25-20-16-12-7-2,26-21-17-13-8-3)30(31,32)27-22-18-14-9-4/h28H,6-27,31-32H2,1-5H3. The highest BCUT2D eigenvalue weighted by molar-refractivity contribution is 5.02. The molecule has 0 amide bonds. The van der Waals surface area contributed by atoms with Gasteiger partial charge in [-0.25, -0.2) is 0 Å². The minimum Gasteiger partial charge on any atom is -0.313 e. The molecule has 1 unspecified atom stereocenters. The van der Waals surface area contributed by atoms with Crippen LogP contribution in [0, 0.1) is 11.3 Å². The van der Waals surface area contributed by atoms with Crippen molar-refractivity contribution in [2.45, 2.75) is 182 Å². The third-order valence-corrected chi connectivity index (χ3v) is 8.15. The minimum atomic E-state index is -0.524. The lowest BCUT2D eigenvalue weighted by molar-refractivity contribution is 0.00130. The van der Waals surface area contributed by atoms with Crippen molar-refractivity contribution in [1.82, 2.24) is 0 Å². The van der Waals surface area contributed by atoms with Gasteiger partial charge < -0.3 is 11.5 Å². The topological polar surface area (TPSA) is 52.0 Å². The van der Waals surface area contributed by atoms with Gasteiger partial charge in [-0.15, -0.1) is 0 Å². The Labute approximate surface area is 204 Å². The quantitative estimate of drug-likeness (QED) is 0.113. The van der Waals surface area contributed by atoms with E-state index in [1.165, 1.54) is 135 Å². The van der Waals surface area contributed by atoms with Crippen LogP contribution in [0.15, 0.2) is 0 Å². The summed E-state index contributed by atoms with van der Waals surface area (Å²) < 4.78 is 0. The summed E-state index contributed by atoms with van der Waals surface area (Å²) in [5, 5.41) is 0. The van der Waals surface area contributed by atoms with Crippen molar-refractivity contribution in [3.63, 3.8) is 0 Å². The second-order valence-corrected chi connectivity index (χ2v) is 11.0. The van der Waals surface area contributed by atoms with Gasteiger partial charge in [-0.3, -0.25) is 0 Å². The van der Waals surface area contributed by atoms with Crippen LogP contribution in [0.1, 0.15) is 176 Å². The van der Waals surface area contributed by atoms with Crippen LogP contribution in [-0.2, 0) is 0 Å². The molecule has 1 atom stereocenters. The smallest absolute Gasteiger partial charge is 0.0697 e. The maximum absolute atomic E-state index is 7.25. The lowest BCUT2D eigenvalue weighted by Crippen LogP contribution is -2.65. The van der Waals surface area contributed by atoms with Gasteiger partial charge in [0.1, 0.15) is 0 Å². The Hall–Kier alpha value is -0.0800. The van der Waals surface area contributed by atoms with Gasteiger partial charge >= 0.3 is 0 Å². The molecule has 0 aliphatic carbocycles. The van der Waals surface area contributed by atoms with Crippen LogP contribution < -0.4 is 11.5 Å². The summed E-state index contributed by atoms with van der Waals surface area (Å²) in [4.78, 5) is 0. The Bertz CT molecular complexity index is 378. The molecule has 0 radical (unpaired) electrons. The molecule has 0 aromatic carbocycles. The van der Waals surface area contributed by atoms with Crippen molar-refractivity contribution in [1.29, 1.82) is 0 Å². The van der Waals surface area contributed by atoms with Crippen LogP contribution in [-0.4, -0.2) is 5.66 Å². The molecule has 0 aliphatic rings. The highest BCUT2D eigenvalue weighted by Crippen LogP contribution is 2.50. The number of unbranched alkanes of at least 4 members (excludes halogenated alkanes) is 12. The normalized spacial score (nSPS) is 13.6. The Kier molecular flexibility index (Phi) is 20.3. The first-order valence-electron chi connectivity index (χ1n) is 15.0. The van der Waals surface area contributed by atoms with Crippen LogP contribution in [0.4, 0.5) is 0 Å². The SMILES string of the molecule is CCCCCCC(CCC)C(CCCCCC)(CCCCCC)C(N)(N)CCCCCC. The second kappa shape index (κ2) is 20.3. The lowest BCUT2D eigenvalue weighted by atomic mass is 9.57. The highest BCUT2D eigenvalue weighted by atomic mass is 15.0. The van der Waals surface area contributed by atoms with E-state index < -0.39 is 5.66 Å². The van der Waals surface area contributed by atoms with Crippen LogP contribution >= 0.6 is 0 Å². The molecular weight excluding hydrogens is 388 g/mol. The predicted molar refractivity (Wildman–Crippen MR) is 147 cm³/mol. The average molecular weight is 453 g/mol. The molecule has 0 heterocycles. The lowest BCUT2D eigenvalue weighted by Gasteiger charge is -2.52. The van der Waals surface area contributed by atoms with Crippen molar-refractivity contribution in [3.8, 4) is 0 Å². The van der Waals surface area contributed by atoms with Gasteiger partial charge in [-0.05, 0) is 31.6 Å². The zero-order valence-electron chi connectivity index (χ0n) is 23.3. The summed E-state index contributed by atoms with van der Waals surface area (Å²) in [7, 11) is 0. The fourth-order valence-corrected chi connectivity index (χ4v) is 6.07. The molecule has 4 N–H and O–H groups in total. The van der Waals surface area contributed by atoms with E-state index in [0.717, 1.165) is 6.42 Å². The van der Waals surface area contributed by atoms with Crippen molar-refractivity contribution in [3.05, 3.63) is 0 Å². The number of hydrogen-bond acceptors (Lipinski definition) is 2. The summed E-state index contributed by atoms with van der Waals surface area (Å²) in [6, 6.07) is 0. The van der Waals surface area contributed by atoms with E-state index in [2.05, 4.69) is 34.6 Å². The highest BCUT2D eigenvalue weighted by Gasteiger charge is 2.49. The fraction of sp³-hybridized carbons (Fsp3) is 1.00. The Morgan fingerprint density at radius 3 is 1.25 bits per heavy atom. The maximum atomic E-state index is 7.25. The Morgan fingerprint density at radius 1 is 0.438 bits per heavy atom. The first-order valence-corrected chi connectivity index (χ1v) is 15.0. The molecule has 194 valence electrons. The molecular formula is C30H64N2. The van der Waals surface area contributed by atoms with Crippen LogP contribution in [0.2, 0.25) is 0 Å². The van der Waals surface area contributed by atoms with E-state index in [0.29, 0.717) is 5.92 Å². The summed E-state index contributed by atoms with van der Waals surface area (Å²) in [6.07, 6.45) is 28.5. The monoisotopic (exact) mass is 453 g/mol. The van der Waals surface area contributed by atoms with E-state index in [9.17, 15) is 0 Å². The maximum Gasteiger partial charge on any atom is 0.0697 e. The predicted octanol–water partition coefficient (Wildman–Crippen LogP) is 9.88. The molecule has 0 fully saturated rings. The molecule has 2 heteroatoms. The van der Waals surface area contributed by atoms with E-state index in [1.807, 2.05) is 0 Å². The van der Waals surface area contributed by atoms with Crippen molar-refractivity contribution in [2.24, 2.45) is 22.8 Å². The summed E-state index contributed by atoms with van der Waals surface area (Å²) in [5.74, 6) is 0.689. The van der Waals surface area contributed by atoms with E-state index in [-0.39, 0.29) is 5.41 Å². The zero-order chi connectivity index (χ0) is 24.1.